The van der Waals surface area contributed by atoms with Gasteiger partial charge in [0.1, 0.15) is 22.5 Å². The number of carbonyl (C=O) groups is 1. The summed E-state index contributed by atoms with van der Waals surface area (Å²) in [5.41, 5.74) is 11.9. The van der Waals surface area contributed by atoms with Gasteiger partial charge >= 0.3 is 0 Å². The Balaban J connectivity index is 2.49. The lowest BCUT2D eigenvalue weighted by atomic mass is 10.0. The molecular weight excluding hydrogens is 310 g/mol. The van der Waals surface area contributed by atoms with Crippen LogP contribution < -0.4 is 16.8 Å². The predicted molar refractivity (Wildman–Crippen MR) is 94.8 cm³/mol. The number of rotatable bonds is 8. The second kappa shape index (κ2) is 9.26. The molecule has 7 heteroatoms. The lowest BCUT2D eigenvalue weighted by molar-refractivity contribution is -0.119. The standard InChI is InChI=1S/C16H25N5OS/c1-10(2)5-4-6-11(3)20-15(22)9-23-16-12(8-17)13(18)7-14(19)21-16/h7,10-11H,4-6,9H2,1-3H3,(H,20,22)(H4,18,19,21)/t11-/m1/s1. The number of amides is 1. The summed E-state index contributed by atoms with van der Waals surface area (Å²) in [6.45, 7) is 6.38. The molecular formula is C16H25N5OS. The molecule has 1 aromatic heterocycles. The van der Waals surface area contributed by atoms with Gasteiger partial charge in [0.2, 0.25) is 5.91 Å². The number of nitriles is 1. The number of carbonyl (C=O) groups excluding carboxylic acids is 1. The summed E-state index contributed by atoms with van der Waals surface area (Å²) in [7, 11) is 0. The monoisotopic (exact) mass is 335 g/mol. The van der Waals surface area contributed by atoms with Crippen molar-refractivity contribution in [3.05, 3.63) is 11.6 Å². The van der Waals surface area contributed by atoms with Crippen molar-refractivity contribution >= 4 is 29.2 Å². The maximum atomic E-state index is 12.0. The van der Waals surface area contributed by atoms with Crippen LogP contribution in [-0.4, -0.2) is 22.7 Å². The number of nitrogens with zero attached hydrogens (tertiary/aromatic N) is 2. The topological polar surface area (TPSA) is 118 Å². The van der Waals surface area contributed by atoms with Crippen LogP contribution in [0.2, 0.25) is 0 Å². The van der Waals surface area contributed by atoms with E-state index in [9.17, 15) is 4.79 Å². The zero-order valence-electron chi connectivity index (χ0n) is 13.9. The SMILES string of the molecule is CC(C)CCC[C@@H](C)NC(=O)CSc1nc(N)cc(N)c1C#N. The van der Waals surface area contributed by atoms with Gasteiger partial charge in [-0.2, -0.15) is 5.26 Å². The number of hydrogen-bond donors (Lipinski definition) is 3. The minimum atomic E-state index is -0.0845. The van der Waals surface area contributed by atoms with E-state index in [2.05, 4.69) is 24.1 Å². The highest BCUT2D eigenvalue weighted by atomic mass is 32.2. The molecule has 5 N–H and O–H groups in total. The molecule has 0 bridgehead atoms. The highest BCUT2D eigenvalue weighted by Gasteiger charge is 2.13. The third-order valence-electron chi connectivity index (χ3n) is 3.31. The van der Waals surface area contributed by atoms with E-state index in [1.807, 2.05) is 13.0 Å². The van der Waals surface area contributed by atoms with Crippen molar-refractivity contribution in [2.45, 2.75) is 51.1 Å². The van der Waals surface area contributed by atoms with Crippen molar-refractivity contribution in [3.8, 4) is 6.07 Å². The van der Waals surface area contributed by atoms with Gasteiger partial charge in [0, 0.05) is 12.1 Å². The third-order valence-corrected chi connectivity index (χ3v) is 4.29. The van der Waals surface area contributed by atoms with E-state index in [4.69, 9.17) is 16.7 Å². The summed E-state index contributed by atoms with van der Waals surface area (Å²) in [6, 6.07) is 3.58. The fourth-order valence-corrected chi connectivity index (χ4v) is 2.96. The largest absolute Gasteiger partial charge is 0.397 e. The van der Waals surface area contributed by atoms with Crippen LogP contribution in [0, 0.1) is 17.2 Å². The van der Waals surface area contributed by atoms with Gasteiger partial charge in [-0.1, -0.05) is 38.5 Å². The van der Waals surface area contributed by atoms with Gasteiger partial charge in [0.15, 0.2) is 0 Å². The Morgan fingerprint density at radius 3 is 2.70 bits per heavy atom. The molecule has 1 amide bonds. The van der Waals surface area contributed by atoms with E-state index in [0.29, 0.717) is 10.9 Å². The number of aromatic nitrogens is 1. The van der Waals surface area contributed by atoms with E-state index in [1.54, 1.807) is 0 Å². The molecule has 0 aromatic carbocycles. The molecule has 1 rings (SSSR count). The number of hydrogen-bond acceptors (Lipinski definition) is 6. The molecule has 1 aromatic rings. The summed E-state index contributed by atoms with van der Waals surface area (Å²) in [5.74, 6) is 1.02. The van der Waals surface area contributed by atoms with Crippen LogP contribution in [0.25, 0.3) is 0 Å². The first-order valence-electron chi connectivity index (χ1n) is 7.71. The fourth-order valence-electron chi connectivity index (χ4n) is 2.13. The van der Waals surface area contributed by atoms with Gasteiger partial charge in [-0.25, -0.2) is 4.98 Å². The lowest BCUT2D eigenvalue weighted by Crippen LogP contribution is -2.33. The maximum Gasteiger partial charge on any atom is 0.230 e. The Morgan fingerprint density at radius 1 is 1.39 bits per heavy atom. The van der Waals surface area contributed by atoms with E-state index < -0.39 is 0 Å². The number of anilines is 2. The molecule has 0 aliphatic heterocycles. The first kappa shape index (κ1) is 19.1. The third kappa shape index (κ3) is 6.78. The number of nitrogens with one attached hydrogen (secondary N) is 1. The second-order valence-corrected chi connectivity index (χ2v) is 6.97. The molecule has 0 saturated heterocycles. The van der Waals surface area contributed by atoms with Crippen molar-refractivity contribution < 1.29 is 4.79 Å². The summed E-state index contributed by atoms with van der Waals surface area (Å²) in [4.78, 5) is 16.1. The van der Waals surface area contributed by atoms with Crippen LogP contribution >= 0.6 is 11.8 Å². The maximum absolute atomic E-state index is 12.0. The van der Waals surface area contributed by atoms with Crippen molar-refractivity contribution in [2.24, 2.45) is 5.92 Å². The molecule has 126 valence electrons. The summed E-state index contributed by atoms with van der Waals surface area (Å²) < 4.78 is 0. The first-order chi connectivity index (χ1) is 10.8. The first-order valence-corrected chi connectivity index (χ1v) is 8.70. The molecule has 0 saturated carbocycles. The van der Waals surface area contributed by atoms with Crippen molar-refractivity contribution in [1.29, 1.82) is 5.26 Å². The average Bonchev–Trinajstić information content (AvgIpc) is 2.44. The average molecular weight is 335 g/mol. The summed E-state index contributed by atoms with van der Waals surface area (Å²) in [5, 5.41) is 12.5. The Hall–Kier alpha value is -1.94. The van der Waals surface area contributed by atoms with E-state index in [0.717, 1.165) is 19.3 Å². The van der Waals surface area contributed by atoms with Crippen LogP contribution in [0.4, 0.5) is 11.5 Å². The van der Waals surface area contributed by atoms with Crippen LogP contribution in [0.3, 0.4) is 0 Å². The molecule has 1 atom stereocenters. The van der Waals surface area contributed by atoms with E-state index in [1.165, 1.54) is 17.8 Å². The molecule has 0 aliphatic rings. The van der Waals surface area contributed by atoms with Crippen LogP contribution in [0.15, 0.2) is 11.1 Å². The normalized spacial score (nSPS) is 12.0. The second-order valence-electron chi connectivity index (χ2n) is 6.01. The Morgan fingerprint density at radius 2 is 2.09 bits per heavy atom. The van der Waals surface area contributed by atoms with Crippen molar-refractivity contribution in [2.75, 3.05) is 17.2 Å². The lowest BCUT2D eigenvalue weighted by Gasteiger charge is -2.14. The predicted octanol–water partition coefficient (Wildman–Crippen LogP) is 2.54. The zero-order valence-corrected chi connectivity index (χ0v) is 14.7. The molecule has 0 aliphatic carbocycles. The van der Waals surface area contributed by atoms with Gasteiger partial charge in [-0.3, -0.25) is 4.79 Å². The number of nitrogen functional groups attached to an aromatic ring is 2. The number of thioether (sulfide) groups is 1. The van der Waals surface area contributed by atoms with Crippen LogP contribution in [0.1, 0.15) is 45.6 Å². The molecule has 6 nitrogen and oxygen atoms in total. The van der Waals surface area contributed by atoms with Crippen LogP contribution in [-0.2, 0) is 4.79 Å². The van der Waals surface area contributed by atoms with Gasteiger partial charge in [0.25, 0.3) is 0 Å². The molecule has 0 spiro atoms. The van der Waals surface area contributed by atoms with Gasteiger partial charge in [-0.05, 0) is 19.3 Å². The van der Waals surface area contributed by atoms with Gasteiger partial charge < -0.3 is 16.8 Å². The van der Waals surface area contributed by atoms with Gasteiger partial charge in [0.05, 0.1) is 11.4 Å². The Labute approximate surface area is 142 Å². The molecule has 0 radical (unpaired) electrons. The van der Waals surface area contributed by atoms with Crippen molar-refractivity contribution in [3.63, 3.8) is 0 Å². The highest BCUT2D eigenvalue weighted by molar-refractivity contribution is 8.00. The van der Waals surface area contributed by atoms with E-state index in [-0.39, 0.29) is 34.8 Å². The minimum Gasteiger partial charge on any atom is -0.397 e. The zero-order chi connectivity index (χ0) is 17.4. The summed E-state index contributed by atoms with van der Waals surface area (Å²) in [6.07, 6.45) is 3.21. The fraction of sp³-hybridized carbons (Fsp3) is 0.562. The Kier molecular flexibility index (Phi) is 7.69. The molecule has 1 heterocycles. The molecule has 0 unspecified atom stereocenters. The highest BCUT2D eigenvalue weighted by Crippen LogP contribution is 2.26. The Bertz CT molecular complexity index is 583. The van der Waals surface area contributed by atoms with Gasteiger partial charge in [-0.15, -0.1) is 0 Å². The molecule has 23 heavy (non-hydrogen) atoms. The smallest absolute Gasteiger partial charge is 0.230 e. The van der Waals surface area contributed by atoms with E-state index >= 15 is 0 Å². The number of nitrogens with two attached hydrogens (primary N) is 2. The minimum absolute atomic E-state index is 0.0845. The summed E-state index contributed by atoms with van der Waals surface area (Å²) >= 11 is 1.17. The number of pyridine rings is 1. The van der Waals surface area contributed by atoms with Crippen LogP contribution in [0.5, 0.6) is 0 Å². The van der Waals surface area contributed by atoms with Crippen molar-refractivity contribution in [1.82, 2.24) is 10.3 Å². The quantitative estimate of drug-likeness (QED) is 0.628. The molecule has 0 fully saturated rings.